The van der Waals surface area contributed by atoms with Gasteiger partial charge in [0, 0.05) is 21.4 Å². The minimum absolute atomic E-state index is 0.608. The average Bonchev–Trinajstić information content (AvgIpc) is 2.84. The quantitative estimate of drug-likeness (QED) is 0.731. The molecule has 0 saturated carbocycles. The fraction of sp³-hybridized carbons (Fsp3) is 0.308. The molecule has 0 fully saturated rings. The van der Waals surface area contributed by atoms with E-state index in [9.17, 15) is 0 Å². The lowest BCUT2D eigenvalue weighted by atomic mass is 9.98. The number of hydrogen-bond acceptors (Lipinski definition) is 2. The van der Waals surface area contributed by atoms with E-state index in [1.807, 2.05) is 23.8 Å². The Labute approximate surface area is 119 Å². The number of nitrogens with zero attached hydrogens (tertiary/aromatic N) is 1. The van der Waals surface area contributed by atoms with E-state index < -0.39 is 0 Å². The van der Waals surface area contributed by atoms with Crippen LogP contribution in [0.4, 0.5) is 0 Å². The van der Waals surface area contributed by atoms with Gasteiger partial charge in [-0.3, -0.25) is 4.98 Å². The highest BCUT2D eigenvalue weighted by atomic mass is 79.9. The molecule has 0 aliphatic carbocycles. The topological polar surface area (TPSA) is 12.9 Å². The Morgan fingerprint density at radius 3 is 2.59 bits per heavy atom. The fourth-order valence-corrected chi connectivity index (χ4v) is 3.06. The third-order valence-electron chi connectivity index (χ3n) is 2.63. The lowest BCUT2D eigenvalue weighted by Gasteiger charge is -2.12. The molecule has 0 aliphatic rings. The van der Waals surface area contributed by atoms with Crippen LogP contribution in [0.25, 0.3) is 0 Å². The van der Waals surface area contributed by atoms with Crippen molar-refractivity contribution in [3.63, 3.8) is 0 Å². The Hall–Kier alpha value is -0.380. The summed E-state index contributed by atoms with van der Waals surface area (Å²) in [6.45, 7) is 0. The Bertz CT molecular complexity index is 441. The second kappa shape index (κ2) is 6.53. The number of halogens is 2. The van der Waals surface area contributed by atoms with Gasteiger partial charge in [-0.2, -0.15) is 0 Å². The summed E-state index contributed by atoms with van der Waals surface area (Å²) in [6.07, 6.45) is 4.11. The van der Waals surface area contributed by atoms with E-state index in [-0.39, 0.29) is 0 Å². The molecule has 1 atom stereocenters. The van der Waals surface area contributed by atoms with Crippen molar-refractivity contribution in [2.45, 2.75) is 12.8 Å². The van der Waals surface area contributed by atoms with Crippen molar-refractivity contribution in [1.82, 2.24) is 4.98 Å². The Kier molecular flexibility index (Phi) is 5.01. The zero-order valence-corrected chi connectivity index (χ0v) is 12.4. The number of benzene rings is 1. The normalized spacial score (nSPS) is 12.6. The summed E-state index contributed by atoms with van der Waals surface area (Å²) in [5.74, 6) is 0.608. The first-order valence-electron chi connectivity index (χ1n) is 5.45. The van der Waals surface area contributed by atoms with Gasteiger partial charge < -0.3 is 0 Å². The van der Waals surface area contributed by atoms with Crippen molar-refractivity contribution in [1.29, 1.82) is 0 Å². The molecule has 0 bridgehead atoms. The van der Waals surface area contributed by atoms with Crippen molar-refractivity contribution >= 4 is 38.9 Å². The van der Waals surface area contributed by atoms with Gasteiger partial charge in [-0.15, -0.1) is 11.3 Å². The summed E-state index contributed by atoms with van der Waals surface area (Å²) >= 11 is 11.2. The van der Waals surface area contributed by atoms with Crippen molar-refractivity contribution in [3.8, 4) is 0 Å². The van der Waals surface area contributed by atoms with Crippen molar-refractivity contribution < 1.29 is 0 Å². The smallest absolute Gasteiger partial charge is 0.0794 e. The van der Waals surface area contributed by atoms with Gasteiger partial charge in [0.2, 0.25) is 0 Å². The van der Waals surface area contributed by atoms with Gasteiger partial charge in [0.25, 0.3) is 0 Å². The van der Waals surface area contributed by atoms with Gasteiger partial charge in [-0.05, 0) is 36.5 Å². The van der Waals surface area contributed by atoms with E-state index in [4.69, 9.17) is 11.6 Å². The molecular formula is C13H13BrClNS. The van der Waals surface area contributed by atoms with Crippen LogP contribution in [-0.2, 0) is 12.8 Å². The predicted molar refractivity (Wildman–Crippen MR) is 78.3 cm³/mol. The third kappa shape index (κ3) is 4.09. The first kappa shape index (κ1) is 13.1. The molecule has 1 heterocycles. The van der Waals surface area contributed by atoms with E-state index in [1.165, 1.54) is 10.4 Å². The Morgan fingerprint density at radius 1 is 1.24 bits per heavy atom. The Balaban J connectivity index is 1.97. The van der Waals surface area contributed by atoms with Crippen molar-refractivity contribution in [2.75, 3.05) is 5.33 Å². The number of rotatable bonds is 5. The van der Waals surface area contributed by atoms with Gasteiger partial charge in [0.05, 0.1) is 5.51 Å². The van der Waals surface area contributed by atoms with Crippen molar-refractivity contribution in [3.05, 3.63) is 51.4 Å². The summed E-state index contributed by atoms with van der Waals surface area (Å²) in [6, 6.07) is 8.11. The molecule has 2 aromatic rings. The number of aromatic nitrogens is 1. The van der Waals surface area contributed by atoms with Gasteiger partial charge in [0.15, 0.2) is 0 Å². The minimum atomic E-state index is 0.608. The lowest BCUT2D eigenvalue weighted by molar-refractivity contribution is 0.596. The zero-order chi connectivity index (χ0) is 12.1. The molecule has 0 spiro atoms. The van der Waals surface area contributed by atoms with Gasteiger partial charge in [-0.25, -0.2) is 0 Å². The third-order valence-corrected chi connectivity index (χ3v) is 4.60. The number of alkyl halides is 1. The highest BCUT2D eigenvalue weighted by Crippen LogP contribution is 2.20. The molecule has 0 amide bonds. The van der Waals surface area contributed by atoms with E-state index in [0.29, 0.717) is 5.92 Å². The van der Waals surface area contributed by atoms with Crippen LogP contribution < -0.4 is 0 Å². The number of thiazole rings is 1. The molecule has 0 N–H and O–H groups in total. The molecule has 0 radical (unpaired) electrons. The van der Waals surface area contributed by atoms with Crippen LogP contribution in [0.2, 0.25) is 5.02 Å². The van der Waals surface area contributed by atoms with Crippen LogP contribution in [0, 0.1) is 5.92 Å². The fourth-order valence-electron chi connectivity index (χ4n) is 1.76. The highest BCUT2D eigenvalue weighted by molar-refractivity contribution is 9.09. The van der Waals surface area contributed by atoms with E-state index in [1.54, 1.807) is 11.3 Å². The molecule has 1 aromatic heterocycles. The first-order valence-corrected chi connectivity index (χ1v) is 7.83. The summed E-state index contributed by atoms with van der Waals surface area (Å²) in [4.78, 5) is 5.46. The Morgan fingerprint density at radius 2 is 2.00 bits per heavy atom. The zero-order valence-electron chi connectivity index (χ0n) is 9.27. The summed E-state index contributed by atoms with van der Waals surface area (Å²) < 4.78 is 0. The SMILES string of the molecule is Clc1ccc(CC(CBr)Cc2cncs2)cc1. The van der Waals surface area contributed by atoms with E-state index >= 15 is 0 Å². The van der Waals surface area contributed by atoms with Gasteiger partial charge >= 0.3 is 0 Å². The molecule has 90 valence electrons. The molecule has 1 unspecified atom stereocenters. The molecule has 1 nitrogen and oxygen atoms in total. The maximum atomic E-state index is 5.88. The largest absolute Gasteiger partial charge is 0.253 e. The molecule has 1 aromatic carbocycles. The van der Waals surface area contributed by atoms with E-state index in [2.05, 4.69) is 33.0 Å². The van der Waals surface area contributed by atoms with Crippen LogP contribution in [0.15, 0.2) is 36.0 Å². The number of hydrogen-bond donors (Lipinski definition) is 0. The van der Waals surface area contributed by atoms with Crippen LogP contribution in [0.1, 0.15) is 10.4 Å². The average molecular weight is 331 g/mol. The van der Waals surface area contributed by atoms with E-state index in [0.717, 1.165) is 23.2 Å². The molecule has 4 heteroatoms. The molecular weight excluding hydrogens is 318 g/mol. The van der Waals surface area contributed by atoms with Crippen LogP contribution in [0.5, 0.6) is 0 Å². The lowest BCUT2D eigenvalue weighted by Crippen LogP contribution is -2.09. The monoisotopic (exact) mass is 329 g/mol. The van der Waals surface area contributed by atoms with Gasteiger partial charge in [0.1, 0.15) is 0 Å². The van der Waals surface area contributed by atoms with Crippen LogP contribution >= 0.6 is 38.9 Å². The van der Waals surface area contributed by atoms with Gasteiger partial charge in [-0.1, -0.05) is 39.7 Å². The maximum Gasteiger partial charge on any atom is 0.0794 e. The van der Waals surface area contributed by atoms with Crippen LogP contribution in [0.3, 0.4) is 0 Å². The first-order chi connectivity index (χ1) is 8.28. The molecule has 2 rings (SSSR count). The molecule has 17 heavy (non-hydrogen) atoms. The second-order valence-electron chi connectivity index (χ2n) is 4.02. The highest BCUT2D eigenvalue weighted by Gasteiger charge is 2.10. The predicted octanol–water partition coefficient (Wildman–Crippen LogP) is 4.59. The summed E-state index contributed by atoms with van der Waals surface area (Å²) in [5, 5.41) is 1.81. The second-order valence-corrected chi connectivity index (χ2v) is 6.08. The van der Waals surface area contributed by atoms with Crippen molar-refractivity contribution in [2.24, 2.45) is 5.92 Å². The minimum Gasteiger partial charge on any atom is -0.253 e. The maximum absolute atomic E-state index is 5.88. The standard InChI is InChI=1S/C13H13BrClNS/c14-7-11(6-13-8-16-9-17-13)5-10-1-3-12(15)4-2-10/h1-4,8-9,11H,5-7H2. The summed E-state index contributed by atoms with van der Waals surface area (Å²) in [7, 11) is 0. The molecule has 0 saturated heterocycles. The van der Waals surface area contributed by atoms with Crippen LogP contribution in [-0.4, -0.2) is 10.3 Å². The molecule has 0 aliphatic heterocycles. The summed E-state index contributed by atoms with van der Waals surface area (Å²) in [5.41, 5.74) is 3.23.